The summed E-state index contributed by atoms with van der Waals surface area (Å²) in [4.78, 5) is 8.75. The molecule has 0 saturated heterocycles. The predicted octanol–water partition coefficient (Wildman–Crippen LogP) is 5.49. The van der Waals surface area contributed by atoms with Crippen LogP contribution >= 0.6 is 11.6 Å². The monoisotopic (exact) mass is 363 g/mol. The van der Waals surface area contributed by atoms with E-state index in [4.69, 9.17) is 21.8 Å². The van der Waals surface area contributed by atoms with Crippen molar-refractivity contribution in [3.63, 3.8) is 0 Å². The van der Waals surface area contributed by atoms with Crippen LogP contribution in [0.15, 0.2) is 52.9 Å². The molecule has 0 aliphatic rings. The summed E-state index contributed by atoms with van der Waals surface area (Å²) >= 11 is 5.89. The average Bonchev–Trinajstić information content (AvgIpc) is 3.03. The van der Waals surface area contributed by atoms with Crippen LogP contribution in [0, 0.1) is 13.8 Å². The van der Waals surface area contributed by atoms with E-state index in [1.165, 1.54) is 11.1 Å². The molecule has 0 saturated carbocycles. The minimum Gasteiger partial charge on any atom is -0.437 e. The molecular formula is C21H18ClN3O. The lowest BCUT2D eigenvalue weighted by Gasteiger charge is -2.06. The molecule has 2 aromatic carbocycles. The first-order valence-corrected chi connectivity index (χ1v) is 8.89. The molecule has 4 aromatic rings. The second kappa shape index (κ2) is 6.46. The van der Waals surface area contributed by atoms with E-state index in [-0.39, 0.29) is 5.88 Å². The molecule has 26 heavy (non-hydrogen) atoms. The SMILES string of the molecule is Cc1ccc(-c2oc3nc(CCl)nc(N)c3c2-c2ccc(C)cc2)cc1. The van der Waals surface area contributed by atoms with Crippen LogP contribution in [0.5, 0.6) is 0 Å². The van der Waals surface area contributed by atoms with E-state index >= 15 is 0 Å². The van der Waals surface area contributed by atoms with Crippen LogP contribution in [-0.4, -0.2) is 9.97 Å². The molecular weight excluding hydrogens is 346 g/mol. The molecule has 0 fully saturated rings. The zero-order valence-corrected chi connectivity index (χ0v) is 15.3. The maximum absolute atomic E-state index is 6.25. The van der Waals surface area contributed by atoms with E-state index in [9.17, 15) is 0 Å². The summed E-state index contributed by atoms with van der Waals surface area (Å²) in [6.07, 6.45) is 0. The molecule has 2 N–H and O–H groups in total. The van der Waals surface area contributed by atoms with E-state index in [0.29, 0.717) is 17.4 Å². The highest BCUT2D eigenvalue weighted by molar-refractivity contribution is 6.17. The van der Waals surface area contributed by atoms with Gasteiger partial charge in [-0.25, -0.2) is 4.98 Å². The quantitative estimate of drug-likeness (QED) is 0.488. The highest BCUT2D eigenvalue weighted by atomic mass is 35.5. The summed E-state index contributed by atoms with van der Waals surface area (Å²) in [6.45, 7) is 4.11. The number of nitrogen functional groups attached to an aromatic ring is 1. The Morgan fingerprint density at radius 2 is 1.46 bits per heavy atom. The van der Waals surface area contributed by atoms with Crippen molar-refractivity contribution < 1.29 is 4.42 Å². The van der Waals surface area contributed by atoms with Gasteiger partial charge in [0.2, 0.25) is 5.71 Å². The lowest BCUT2D eigenvalue weighted by atomic mass is 9.98. The summed E-state index contributed by atoms with van der Waals surface area (Å²) in [5.41, 5.74) is 12.0. The maximum atomic E-state index is 6.25. The van der Waals surface area contributed by atoms with E-state index in [1.54, 1.807) is 0 Å². The van der Waals surface area contributed by atoms with Crippen molar-refractivity contribution in [3.05, 3.63) is 65.5 Å². The van der Waals surface area contributed by atoms with Crippen LogP contribution in [-0.2, 0) is 5.88 Å². The minimum absolute atomic E-state index is 0.181. The number of benzene rings is 2. The van der Waals surface area contributed by atoms with Crippen molar-refractivity contribution in [2.24, 2.45) is 0 Å². The van der Waals surface area contributed by atoms with Crippen molar-refractivity contribution in [1.82, 2.24) is 9.97 Å². The van der Waals surface area contributed by atoms with Gasteiger partial charge in [-0.1, -0.05) is 59.7 Å². The first kappa shape index (κ1) is 16.6. The third kappa shape index (κ3) is 2.82. The van der Waals surface area contributed by atoms with Crippen LogP contribution in [0.3, 0.4) is 0 Å². The molecule has 0 spiro atoms. The maximum Gasteiger partial charge on any atom is 0.232 e. The normalized spacial score (nSPS) is 11.2. The molecule has 0 unspecified atom stereocenters. The lowest BCUT2D eigenvalue weighted by Crippen LogP contribution is -1.98. The third-order valence-corrected chi connectivity index (χ3v) is 4.64. The molecule has 0 aliphatic heterocycles. The number of furan rings is 1. The molecule has 2 heterocycles. The van der Waals surface area contributed by atoms with Gasteiger partial charge in [0.25, 0.3) is 0 Å². The molecule has 4 rings (SSSR count). The fraction of sp³-hybridized carbons (Fsp3) is 0.143. The molecule has 0 bridgehead atoms. The highest BCUT2D eigenvalue weighted by Crippen LogP contribution is 2.42. The molecule has 4 nitrogen and oxygen atoms in total. The van der Waals surface area contributed by atoms with Gasteiger partial charge in [0, 0.05) is 11.1 Å². The average molecular weight is 364 g/mol. The molecule has 0 amide bonds. The lowest BCUT2D eigenvalue weighted by molar-refractivity contribution is 0.616. The molecule has 0 aliphatic carbocycles. The third-order valence-electron chi connectivity index (χ3n) is 4.40. The van der Waals surface area contributed by atoms with Crippen molar-refractivity contribution in [1.29, 1.82) is 0 Å². The zero-order chi connectivity index (χ0) is 18.3. The molecule has 0 radical (unpaired) electrons. The Kier molecular flexibility index (Phi) is 4.13. The Morgan fingerprint density at radius 1 is 0.885 bits per heavy atom. The van der Waals surface area contributed by atoms with Gasteiger partial charge in [0.05, 0.1) is 11.3 Å². The number of aromatic nitrogens is 2. The van der Waals surface area contributed by atoms with Gasteiger partial charge < -0.3 is 10.2 Å². The van der Waals surface area contributed by atoms with E-state index in [1.807, 2.05) is 12.1 Å². The summed E-state index contributed by atoms with van der Waals surface area (Å²) < 4.78 is 6.14. The standard InChI is InChI=1S/C21H18ClN3O/c1-12-3-7-14(8-4-12)17-18-20(23)24-16(11-22)25-21(18)26-19(17)15-9-5-13(2)6-10-15/h3-10H,11H2,1-2H3,(H2,23,24,25). The summed E-state index contributed by atoms with van der Waals surface area (Å²) in [5, 5.41) is 0.721. The van der Waals surface area contributed by atoms with E-state index < -0.39 is 0 Å². The molecule has 5 heteroatoms. The Morgan fingerprint density at radius 3 is 2.04 bits per heavy atom. The van der Waals surface area contributed by atoms with Gasteiger partial charge >= 0.3 is 0 Å². The van der Waals surface area contributed by atoms with Crippen molar-refractivity contribution in [2.45, 2.75) is 19.7 Å². The summed E-state index contributed by atoms with van der Waals surface area (Å²) in [7, 11) is 0. The number of fused-ring (bicyclic) bond motifs is 1. The van der Waals surface area contributed by atoms with Crippen LogP contribution in [0.4, 0.5) is 5.82 Å². The summed E-state index contributed by atoms with van der Waals surface area (Å²) in [5.74, 6) is 1.75. The van der Waals surface area contributed by atoms with Gasteiger partial charge in [-0.05, 0) is 19.4 Å². The molecule has 2 aromatic heterocycles. The van der Waals surface area contributed by atoms with Crippen molar-refractivity contribution in [2.75, 3.05) is 5.73 Å². The van der Waals surface area contributed by atoms with Gasteiger partial charge in [0.1, 0.15) is 17.4 Å². The first-order chi connectivity index (χ1) is 12.6. The second-order valence-electron chi connectivity index (χ2n) is 6.38. The highest BCUT2D eigenvalue weighted by Gasteiger charge is 2.22. The molecule has 130 valence electrons. The Bertz CT molecular complexity index is 1080. The van der Waals surface area contributed by atoms with Crippen LogP contribution in [0.1, 0.15) is 17.0 Å². The van der Waals surface area contributed by atoms with Gasteiger partial charge in [-0.2, -0.15) is 4.98 Å². The van der Waals surface area contributed by atoms with Gasteiger partial charge in [0.15, 0.2) is 0 Å². The number of halogens is 1. The van der Waals surface area contributed by atoms with Crippen LogP contribution in [0.25, 0.3) is 33.6 Å². The summed E-state index contributed by atoms with van der Waals surface area (Å²) in [6, 6.07) is 16.4. The second-order valence-corrected chi connectivity index (χ2v) is 6.64. The number of hydrogen-bond donors (Lipinski definition) is 1. The number of alkyl halides is 1. The fourth-order valence-electron chi connectivity index (χ4n) is 3.04. The number of hydrogen-bond acceptors (Lipinski definition) is 4. The van der Waals surface area contributed by atoms with Gasteiger partial charge in [-0.3, -0.25) is 0 Å². The number of nitrogens with zero attached hydrogens (tertiary/aromatic N) is 2. The number of aryl methyl sites for hydroxylation is 2. The van der Waals surface area contributed by atoms with Crippen LogP contribution in [0.2, 0.25) is 0 Å². The largest absolute Gasteiger partial charge is 0.437 e. The van der Waals surface area contributed by atoms with Crippen molar-refractivity contribution in [3.8, 4) is 22.5 Å². The predicted molar refractivity (Wildman–Crippen MR) is 106 cm³/mol. The van der Waals surface area contributed by atoms with E-state index in [0.717, 1.165) is 27.8 Å². The Hall–Kier alpha value is -2.85. The minimum atomic E-state index is 0.181. The zero-order valence-electron chi connectivity index (χ0n) is 14.6. The van der Waals surface area contributed by atoms with Crippen LogP contribution < -0.4 is 5.73 Å². The Balaban J connectivity index is 2.06. The number of anilines is 1. The number of rotatable bonds is 3. The number of nitrogens with two attached hydrogens (primary N) is 1. The fourth-order valence-corrected chi connectivity index (χ4v) is 3.16. The van der Waals surface area contributed by atoms with Gasteiger partial charge in [-0.15, -0.1) is 11.6 Å². The van der Waals surface area contributed by atoms with Crippen molar-refractivity contribution >= 4 is 28.5 Å². The Labute approximate surface area is 156 Å². The first-order valence-electron chi connectivity index (χ1n) is 8.35. The van der Waals surface area contributed by atoms with E-state index in [2.05, 4.69) is 60.2 Å². The molecule has 0 atom stereocenters. The smallest absolute Gasteiger partial charge is 0.232 e. The topological polar surface area (TPSA) is 64.9 Å².